The van der Waals surface area contributed by atoms with E-state index in [-0.39, 0.29) is 5.97 Å². The van der Waals surface area contributed by atoms with E-state index >= 15 is 0 Å². The average Bonchev–Trinajstić information content (AvgIpc) is 3.05. The number of carbonyl (C=O) groups excluding carboxylic acids is 1. The Hall–Kier alpha value is -1.93. The normalized spacial score (nSPS) is 10.4. The van der Waals surface area contributed by atoms with E-state index in [0.29, 0.717) is 23.2 Å². The second-order valence-corrected chi connectivity index (χ2v) is 4.66. The summed E-state index contributed by atoms with van der Waals surface area (Å²) >= 11 is 1.23. The molecule has 0 aliphatic carbocycles. The predicted octanol–water partition coefficient (Wildman–Crippen LogP) is 1.52. The maximum absolute atomic E-state index is 11.3. The van der Waals surface area contributed by atoms with Crippen molar-refractivity contribution in [2.75, 3.05) is 26.1 Å². The fourth-order valence-electron chi connectivity index (χ4n) is 1.39. The minimum absolute atomic E-state index is 0.388. The number of thiazole rings is 1. The van der Waals surface area contributed by atoms with Crippen LogP contribution < -0.4 is 5.32 Å². The fourth-order valence-corrected chi connectivity index (χ4v) is 2.14. The largest absolute Gasteiger partial charge is 0.465 e. The maximum atomic E-state index is 11.3. The molecule has 19 heavy (non-hydrogen) atoms. The molecule has 0 spiro atoms. The van der Waals surface area contributed by atoms with E-state index < -0.39 is 0 Å². The Morgan fingerprint density at radius 3 is 3.05 bits per heavy atom. The van der Waals surface area contributed by atoms with Gasteiger partial charge in [0.1, 0.15) is 4.88 Å². The number of aromatic nitrogens is 3. The lowest BCUT2D eigenvalue weighted by molar-refractivity contribution is 0.0606. The first-order valence-corrected chi connectivity index (χ1v) is 6.37. The summed E-state index contributed by atoms with van der Waals surface area (Å²) in [5, 5.41) is 7.86. The molecule has 0 saturated carbocycles. The summed E-state index contributed by atoms with van der Waals surface area (Å²) in [4.78, 5) is 15.8. The van der Waals surface area contributed by atoms with Crippen LogP contribution in [0.3, 0.4) is 0 Å². The van der Waals surface area contributed by atoms with Crippen LogP contribution in [-0.4, -0.2) is 41.6 Å². The van der Waals surface area contributed by atoms with Crippen LogP contribution in [0, 0.1) is 0 Å². The number of hydrogen-bond acceptors (Lipinski definition) is 7. The van der Waals surface area contributed by atoms with Gasteiger partial charge >= 0.3 is 5.97 Å². The Labute approximate surface area is 114 Å². The van der Waals surface area contributed by atoms with Crippen molar-refractivity contribution in [1.82, 2.24) is 14.8 Å². The Balaban J connectivity index is 1.98. The van der Waals surface area contributed by atoms with E-state index in [1.807, 2.05) is 6.20 Å². The number of carbonyl (C=O) groups is 1. The Morgan fingerprint density at radius 1 is 1.47 bits per heavy atom. The molecule has 8 heteroatoms. The van der Waals surface area contributed by atoms with E-state index in [4.69, 9.17) is 4.74 Å². The summed E-state index contributed by atoms with van der Waals surface area (Å²) < 4.78 is 11.4. The molecule has 1 N–H and O–H groups in total. The molecule has 0 aliphatic rings. The van der Waals surface area contributed by atoms with E-state index in [1.54, 1.807) is 18.0 Å². The molecule has 0 aromatic carbocycles. The molecule has 0 radical (unpaired) electrons. The van der Waals surface area contributed by atoms with Crippen molar-refractivity contribution in [3.05, 3.63) is 23.5 Å². The third kappa shape index (κ3) is 3.52. The minimum Gasteiger partial charge on any atom is -0.465 e. The SMILES string of the molecule is COCCn1cc(Nc2ncc(C(=O)OC)s2)cn1. The summed E-state index contributed by atoms with van der Waals surface area (Å²) in [7, 11) is 2.99. The zero-order valence-electron chi connectivity index (χ0n) is 10.6. The molecule has 0 bridgehead atoms. The Bertz CT molecular complexity index is 552. The van der Waals surface area contributed by atoms with Gasteiger partial charge in [0.25, 0.3) is 0 Å². The summed E-state index contributed by atoms with van der Waals surface area (Å²) in [6.07, 6.45) is 5.02. The maximum Gasteiger partial charge on any atom is 0.349 e. The first-order valence-electron chi connectivity index (χ1n) is 5.55. The first kappa shape index (κ1) is 13.5. The van der Waals surface area contributed by atoms with Gasteiger partial charge in [-0.05, 0) is 0 Å². The summed E-state index contributed by atoms with van der Waals surface area (Å²) in [6.45, 7) is 1.29. The van der Waals surface area contributed by atoms with Gasteiger partial charge in [0.2, 0.25) is 0 Å². The van der Waals surface area contributed by atoms with Crippen molar-refractivity contribution in [3.63, 3.8) is 0 Å². The van der Waals surface area contributed by atoms with Crippen LogP contribution in [0.4, 0.5) is 10.8 Å². The van der Waals surface area contributed by atoms with Crippen LogP contribution in [0.1, 0.15) is 9.67 Å². The van der Waals surface area contributed by atoms with Gasteiger partial charge in [-0.3, -0.25) is 4.68 Å². The number of methoxy groups -OCH3 is 2. The topological polar surface area (TPSA) is 78.3 Å². The van der Waals surface area contributed by atoms with Gasteiger partial charge in [0.05, 0.1) is 38.3 Å². The van der Waals surface area contributed by atoms with Gasteiger partial charge < -0.3 is 14.8 Å². The van der Waals surface area contributed by atoms with E-state index in [1.165, 1.54) is 24.6 Å². The van der Waals surface area contributed by atoms with Crippen molar-refractivity contribution in [2.24, 2.45) is 0 Å². The summed E-state index contributed by atoms with van der Waals surface area (Å²) in [5.74, 6) is -0.388. The highest BCUT2D eigenvalue weighted by molar-refractivity contribution is 7.17. The second-order valence-electron chi connectivity index (χ2n) is 3.63. The fraction of sp³-hybridized carbons (Fsp3) is 0.364. The van der Waals surface area contributed by atoms with Crippen LogP contribution in [-0.2, 0) is 16.0 Å². The van der Waals surface area contributed by atoms with Crippen molar-refractivity contribution < 1.29 is 14.3 Å². The number of nitrogens with one attached hydrogen (secondary N) is 1. The lowest BCUT2D eigenvalue weighted by Gasteiger charge is -1.99. The molecule has 0 fully saturated rings. The third-order valence-electron chi connectivity index (χ3n) is 2.30. The molecule has 2 aromatic rings. The first-order chi connectivity index (χ1) is 9.22. The Kier molecular flexibility index (Phi) is 4.48. The van der Waals surface area contributed by atoms with Gasteiger partial charge in [-0.25, -0.2) is 9.78 Å². The monoisotopic (exact) mass is 282 g/mol. The molecule has 0 aliphatic heterocycles. The van der Waals surface area contributed by atoms with Crippen LogP contribution >= 0.6 is 11.3 Å². The number of esters is 1. The number of anilines is 2. The molecular formula is C11H14N4O3S. The number of nitrogens with zero attached hydrogens (tertiary/aromatic N) is 3. The predicted molar refractivity (Wildman–Crippen MR) is 70.8 cm³/mol. The molecule has 0 saturated heterocycles. The highest BCUT2D eigenvalue weighted by atomic mass is 32.1. The summed E-state index contributed by atoms with van der Waals surface area (Å²) in [5.41, 5.74) is 0.807. The standard InChI is InChI=1S/C11H14N4O3S/c1-17-4-3-15-7-8(5-13-15)14-11-12-6-9(19-11)10(16)18-2/h5-7H,3-4H2,1-2H3,(H,12,14). The molecule has 2 aromatic heterocycles. The van der Waals surface area contributed by atoms with Crippen molar-refractivity contribution in [3.8, 4) is 0 Å². The quantitative estimate of drug-likeness (QED) is 0.809. The molecule has 0 unspecified atom stereocenters. The van der Waals surface area contributed by atoms with Crippen LogP contribution in [0.25, 0.3) is 0 Å². The van der Waals surface area contributed by atoms with Gasteiger partial charge in [-0.15, -0.1) is 0 Å². The number of ether oxygens (including phenoxy) is 2. The zero-order chi connectivity index (χ0) is 13.7. The number of rotatable bonds is 6. The lowest BCUT2D eigenvalue weighted by atomic mass is 10.5. The van der Waals surface area contributed by atoms with E-state index in [2.05, 4.69) is 20.1 Å². The van der Waals surface area contributed by atoms with Gasteiger partial charge in [0.15, 0.2) is 5.13 Å². The third-order valence-corrected chi connectivity index (χ3v) is 3.19. The van der Waals surface area contributed by atoms with E-state index in [9.17, 15) is 4.79 Å². The van der Waals surface area contributed by atoms with Crippen LogP contribution in [0.15, 0.2) is 18.6 Å². The molecule has 0 amide bonds. The minimum atomic E-state index is -0.388. The average molecular weight is 282 g/mol. The zero-order valence-corrected chi connectivity index (χ0v) is 11.4. The smallest absolute Gasteiger partial charge is 0.349 e. The van der Waals surface area contributed by atoms with Gasteiger partial charge in [-0.1, -0.05) is 11.3 Å². The molecule has 7 nitrogen and oxygen atoms in total. The second kappa shape index (κ2) is 6.30. The Morgan fingerprint density at radius 2 is 2.32 bits per heavy atom. The van der Waals surface area contributed by atoms with Crippen LogP contribution in [0.5, 0.6) is 0 Å². The van der Waals surface area contributed by atoms with Gasteiger partial charge in [-0.2, -0.15) is 5.10 Å². The molecule has 2 heterocycles. The van der Waals surface area contributed by atoms with Crippen LogP contribution in [0.2, 0.25) is 0 Å². The van der Waals surface area contributed by atoms with Crippen molar-refractivity contribution in [2.45, 2.75) is 6.54 Å². The van der Waals surface area contributed by atoms with Gasteiger partial charge in [0, 0.05) is 13.3 Å². The highest BCUT2D eigenvalue weighted by Crippen LogP contribution is 2.22. The lowest BCUT2D eigenvalue weighted by Crippen LogP contribution is -2.03. The summed E-state index contributed by atoms with van der Waals surface area (Å²) in [6, 6.07) is 0. The van der Waals surface area contributed by atoms with Crippen molar-refractivity contribution >= 4 is 28.1 Å². The van der Waals surface area contributed by atoms with Crippen molar-refractivity contribution in [1.29, 1.82) is 0 Å². The van der Waals surface area contributed by atoms with E-state index in [0.717, 1.165) is 5.69 Å². The molecular weight excluding hydrogens is 268 g/mol. The molecule has 0 atom stereocenters. The number of hydrogen-bond donors (Lipinski definition) is 1. The molecule has 2 rings (SSSR count). The highest BCUT2D eigenvalue weighted by Gasteiger charge is 2.10. The molecule has 102 valence electrons.